The first-order valence-corrected chi connectivity index (χ1v) is 11.4. The number of hydrogen-bond donors (Lipinski definition) is 1. The topological polar surface area (TPSA) is 130 Å². The van der Waals surface area contributed by atoms with Crippen LogP contribution in [0.1, 0.15) is 25.7 Å². The minimum atomic E-state index is -3.67. The lowest BCUT2D eigenvalue weighted by molar-refractivity contribution is -0.154. The van der Waals surface area contributed by atoms with Gasteiger partial charge in [-0.25, -0.2) is 12.7 Å². The molecule has 2 atom stereocenters. The molecule has 1 aliphatic carbocycles. The van der Waals surface area contributed by atoms with E-state index in [0.29, 0.717) is 12.8 Å². The third-order valence-electron chi connectivity index (χ3n) is 5.48. The molecule has 1 aromatic rings. The largest absolute Gasteiger partial charge is 0.454 e. The Morgan fingerprint density at radius 2 is 1.74 bits per heavy atom. The van der Waals surface area contributed by atoms with Crippen LogP contribution >= 0.6 is 0 Å². The second kappa shape index (κ2) is 9.15. The van der Waals surface area contributed by atoms with E-state index < -0.39 is 35.1 Å². The van der Waals surface area contributed by atoms with Gasteiger partial charge in [0.05, 0.1) is 16.7 Å². The van der Waals surface area contributed by atoms with Crippen molar-refractivity contribution in [2.45, 2.75) is 30.6 Å². The van der Waals surface area contributed by atoms with E-state index in [4.69, 9.17) is 4.74 Å². The number of fused-ring (bicyclic) bond motifs is 1. The molecule has 168 valence electrons. The molecule has 0 bridgehead atoms. The number of carbonyl (C=O) groups is 4. The van der Waals surface area contributed by atoms with Gasteiger partial charge < -0.3 is 10.1 Å². The summed E-state index contributed by atoms with van der Waals surface area (Å²) in [5.41, 5.74) is 0.220. The molecule has 1 saturated heterocycles. The quantitative estimate of drug-likeness (QED) is 0.474. The Bertz CT molecular complexity index is 982. The van der Waals surface area contributed by atoms with Gasteiger partial charge in [0.2, 0.25) is 21.8 Å². The summed E-state index contributed by atoms with van der Waals surface area (Å²) >= 11 is 0. The number of imide groups is 1. The number of nitrogens with one attached hydrogen (secondary N) is 1. The minimum absolute atomic E-state index is 0.000167. The fourth-order valence-electron chi connectivity index (χ4n) is 3.85. The summed E-state index contributed by atoms with van der Waals surface area (Å²) in [7, 11) is -0.879. The number of amides is 3. The Balaban J connectivity index is 1.53. The van der Waals surface area contributed by atoms with E-state index in [2.05, 4.69) is 5.32 Å². The minimum Gasteiger partial charge on any atom is -0.454 e. The molecule has 1 saturated carbocycles. The average molecular weight is 452 g/mol. The number of rotatable bonds is 7. The number of anilines is 1. The normalized spacial score (nSPS) is 21.2. The molecule has 11 heteroatoms. The number of benzene rings is 1. The van der Waals surface area contributed by atoms with Gasteiger partial charge in [0.15, 0.2) is 6.61 Å². The van der Waals surface area contributed by atoms with E-state index in [1.165, 1.54) is 38.4 Å². The highest BCUT2D eigenvalue weighted by atomic mass is 32.2. The highest BCUT2D eigenvalue weighted by molar-refractivity contribution is 7.89. The van der Waals surface area contributed by atoms with Gasteiger partial charge in [-0.3, -0.25) is 24.1 Å². The molecule has 1 aromatic carbocycles. The summed E-state index contributed by atoms with van der Waals surface area (Å²) in [6, 6.07) is 5.66. The smallest absolute Gasteiger partial charge is 0.326 e. The number of likely N-dealkylation sites (tertiary alicyclic amines) is 1. The van der Waals surface area contributed by atoms with Crippen LogP contribution in [0.15, 0.2) is 29.2 Å². The van der Waals surface area contributed by atoms with Crippen LogP contribution in [0.3, 0.4) is 0 Å². The van der Waals surface area contributed by atoms with Gasteiger partial charge in [-0.1, -0.05) is 18.9 Å². The van der Waals surface area contributed by atoms with E-state index in [1.54, 1.807) is 0 Å². The van der Waals surface area contributed by atoms with E-state index in [1.807, 2.05) is 0 Å². The summed E-state index contributed by atoms with van der Waals surface area (Å²) in [5, 5.41) is 2.45. The van der Waals surface area contributed by atoms with E-state index in [0.717, 1.165) is 22.0 Å². The van der Waals surface area contributed by atoms with Crippen molar-refractivity contribution in [2.24, 2.45) is 11.8 Å². The van der Waals surface area contributed by atoms with Crippen molar-refractivity contribution in [3.63, 3.8) is 0 Å². The van der Waals surface area contributed by atoms with Crippen LogP contribution in [0.25, 0.3) is 0 Å². The highest BCUT2D eigenvalue weighted by Gasteiger charge is 2.48. The monoisotopic (exact) mass is 451 g/mol. The van der Waals surface area contributed by atoms with Gasteiger partial charge in [0.1, 0.15) is 6.54 Å². The molecule has 1 N–H and O–H groups in total. The number of nitrogens with zero attached hydrogens (tertiary/aromatic N) is 2. The summed E-state index contributed by atoms with van der Waals surface area (Å²) in [5.74, 6) is -2.96. The van der Waals surface area contributed by atoms with Gasteiger partial charge in [0.25, 0.3) is 5.91 Å². The molecular formula is C20H25N3O7S. The zero-order valence-corrected chi connectivity index (χ0v) is 18.2. The zero-order valence-electron chi connectivity index (χ0n) is 17.4. The highest BCUT2D eigenvalue weighted by Crippen LogP contribution is 2.37. The second-order valence-electron chi connectivity index (χ2n) is 7.78. The molecule has 2 unspecified atom stereocenters. The Hall–Kier alpha value is -2.79. The van der Waals surface area contributed by atoms with E-state index in [-0.39, 0.29) is 34.2 Å². The van der Waals surface area contributed by atoms with Crippen molar-refractivity contribution >= 4 is 39.4 Å². The SMILES string of the molecule is CN(C)S(=O)(=O)c1cccc(NC(=O)COC(=O)CN2C(=O)C3CCCCC3C2=O)c1. The lowest BCUT2D eigenvalue weighted by Gasteiger charge is -2.19. The van der Waals surface area contributed by atoms with Gasteiger partial charge >= 0.3 is 5.97 Å². The molecule has 2 fully saturated rings. The first-order chi connectivity index (χ1) is 14.6. The van der Waals surface area contributed by atoms with Gasteiger partial charge in [-0.2, -0.15) is 0 Å². The summed E-state index contributed by atoms with van der Waals surface area (Å²) in [6.45, 7) is -1.15. The standard InChI is InChI=1S/C20H25N3O7S/c1-22(2)31(28,29)14-7-5-6-13(10-14)21-17(24)12-30-18(25)11-23-19(26)15-8-3-4-9-16(15)20(23)27/h5-7,10,15-16H,3-4,8-9,11-12H2,1-2H3,(H,21,24). The predicted molar refractivity (Wildman–Crippen MR) is 109 cm³/mol. The fourth-order valence-corrected chi connectivity index (χ4v) is 4.80. The Morgan fingerprint density at radius 3 is 2.32 bits per heavy atom. The van der Waals surface area contributed by atoms with E-state index in [9.17, 15) is 27.6 Å². The van der Waals surface area contributed by atoms with Crippen LogP contribution in [-0.4, -0.2) is 68.6 Å². The van der Waals surface area contributed by atoms with Crippen molar-refractivity contribution in [1.29, 1.82) is 0 Å². The second-order valence-corrected chi connectivity index (χ2v) is 9.94. The van der Waals surface area contributed by atoms with Crippen molar-refractivity contribution in [2.75, 3.05) is 32.6 Å². The molecule has 10 nitrogen and oxygen atoms in total. The number of ether oxygens (including phenoxy) is 1. The number of hydrogen-bond acceptors (Lipinski definition) is 7. The first-order valence-electron chi connectivity index (χ1n) is 9.94. The van der Waals surface area contributed by atoms with Crippen molar-refractivity contribution in [3.8, 4) is 0 Å². The van der Waals surface area contributed by atoms with Crippen molar-refractivity contribution in [3.05, 3.63) is 24.3 Å². The zero-order chi connectivity index (χ0) is 22.8. The molecule has 1 heterocycles. The molecular weight excluding hydrogens is 426 g/mol. The Labute approximate surface area is 180 Å². The molecule has 3 amide bonds. The van der Waals surface area contributed by atoms with Gasteiger partial charge in [0, 0.05) is 19.8 Å². The Kier molecular flexibility index (Phi) is 6.75. The van der Waals surface area contributed by atoms with Crippen LogP contribution in [0.4, 0.5) is 5.69 Å². The lowest BCUT2D eigenvalue weighted by atomic mass is 9.81. The molecule has 1 aliphatic heterocycles. The van der Waals surface area contributed by atoms with E-state index >= 15 is 0 Å². The summed E-state index contributed by atoms with van der Waals surface area (Å²) in [6.07, 6.45) is 3.06. The summed E-state index contributed by atoms with van der Waals surface area (Å²) in [4.78, 5) is 49.9. The fraction of sp³-hybridized carbons (Fsp3) is 0.500. The summed E-state index contributed by atoms with van der Waals surface area (Å²) < 4.78 is 30.3. The lowest BCUT2D eigenvalue weighted by Crippen LogP contribution is -2.37. The van der Waals surface area contributed by atoms with Gasteiger partial charge in [-0.05, 0) is 31.0 Å². The number of carbonyl (C=O) groups excluding carboxylic acids is 4. The van der Waals surface area contributed by atoms with Crippen LogP contribution in [0.2, 0.25) is 0 Å². The molecule has 0 spiro atoms. The maximum atomic E-state index is 12.4. The molecule has 2 aliphatic rings. The maximum absolute atomic E-state index is 12.4. The third-order valence-corrected chi connectivity index (χ3v) is 7.29. The average Bonchev–Trinajstić information content (AvgIpc) is 2.97. The predicted octanol–water partition coefficient (Wildman–Crippen LogP) is 0.594. The Morgan fingerprint density at radius 1 is 1.13 bits per heavy atom. The van der Waals surface area contributed by atoms with Crippen LogP contribution in [0.5, 0.6) is 0 Å². The molecule has 0 radical (unpaired) electrons. The third kappa shape index (κ3) is 4.93. The van der Waals surface area contributed by atoms with Crippen molar-refractivity contribution < 1.29 is 32.3 Å². The first kappa shape index (κ1) is 22.9. The van der Waals surface area contributed by atoms with Crippen LogP contribution in [0, 0.1) is 11.8 Å². The number of sulfonamides is 1. The molecule has 3 rings (SSSR count). The maximum Gasteiger partial charge on any atom is 0.326 e. The van der Waals surface area contributed by atoms with Crippen molar-refractivity contribution in [1.82, 2.24) is 9.21 Å². The molecule has 31 heavy (non-hydrogen) atoms. The van der Waals surface area contributed by atoms with Crippen LogP contribution in [-0.2, 0) is 33.9 Å². The van der Waals surface area contributed by atoms with Crippen LogP contribution < -0.4 is 5.32 Å². The molecule has 0 aromatic heterocycles. The number of esters is 1. The van der Waals surface area contributed by atoms with Gasteiger partial charge in [-0.15, -0.1) is 0 Å².